The summed E-state index contributed by atoms with van der Waals surface area (Å²) in [6.07, 6.45) is 1.15. The van der Waals surface area contributed by atoms with Crippen LogP contribution in [0.5, 0.6) is 0 Å². The summed E-state index contributed by atoms with van der Waals surface area (Å²) < 4.78 is 0. The van der Waals surface area contributed by atoms with E-state index in [2.05, 4.69) is 29.0 Å². The van der Waals surface area contributed by atoms with Crippen LogP contribution in [0.4, 0.5) is 5.13 Å². The van der Waals surface area contributed by atoms with E-state index in [0.717, 1.165) is 50.0 Å². The zero-order chi connectivity index (χ0) is 15.7. The molecule has 0 saturated heterocycles. The molecule has 1 heterocycles. The highest BCUT2D eigenvalue weighted by Crippen LogP contribution is 2.20. The molecular weight excluding hydrogens is 284 g/mol. The van der Waals surface area contributed by atoms with Crippen LogP contribution in [0.25, 0.3) is 0 Å². The smallest absolute Gasteiger partial charge is 0.225 e. The molecule has 0 atom stereocenters. The lowest BCUT2D eigenvalue weighted by Gasteiger charge is -2.17. The van der Waals surface area contributed by atoms with Crippen molar-refractivity contribution in [2.75, 3.05) is 37.6 Å². The van der Waals surface area contributed by atoms with Crippen LogP contribution in [0.3, 0.4) is 0 Å². The summed E-state index contributed by atoms with van der Waals surface area (Å²) in [7, 11) is 0. The highest BCUT2D eigenvalue weighted by molar-refractivity contribution is 7.14. The number of hydrogen-bond acceptors (Lipinski definition) is 5. The van der Waals surface area contributed by atoms with Crippen LogP contribution < -0.4 is 10.2 Å². The van der Waals surface area contributed by atoms with E-state index >= 15 is 0 Å². The number of anilines is 1. The van der Waals surface area contributed by atoms with E-state index in [1.807, 2.05) is 12.3 Å². The average Bonchev–Trinajstić information content (AvgIpc) is 2.92. The van der Waals surface area contributed by atoms with Crippen LogP contribution >= 0.6 is 11.3 Å². The summed E-state index contributed by atoms with van der Waals surface area (Å²) in [5.74, 6) is 0.0468. The predicted molar refractivity (Wildman–Crippen MR) is 89.9 cm³/mol. The van der Waals surface area contributed by atoms with Crippen LogP contribution in [0, 0.1) is 0 Å². The molecule has 120 valence electrons. The first kappa shape index (κ1) is 18.1. The Balaban J connectivity index is 2.30. The predicted octanol–water partition coefficient (Wildman–Crippen LogP) is 2.34. The van der Waals surface area contributed by atoms with Gasteiger partial charge in [-0.15, -0.1) is 11.3 Å². The fraction of sp³-hybridized carbons (Fsp3) is 0.733. The molecule has 1 rings (SSSR count). The van der Waals surface area contributed by atoms with E-state index in [4.69, 9.17) is 0 Å². The maximum atomic E-state index is 11.5. The number of hydrogen-bond donors (Lipinski definition) is 1. The monoisotopic (exact) mass is 312 g/mol. The Labute approximate surface area is 132 Å². The highest BCUT2D eigenvalue weighted by Gasteiger charge is 2.12. The van der Waals surface area contributed by atoms with E-state index in [0.29, 0.717) is 6.54 Å². The number of nitrogens with zero attached hydrogens (tertiary/aromatic N) is 3. The van der Waals surface area contributed by atoms with Gasteiger partial charge in [0.2, 0.25) is 5.91 Å². The summed E-state index contributed by atoms with van der Waals surface area (Å²) in [4.78, 5) is 20.1. The molecule has 0 bridgehead atoms. The molecule has 21 heavy (non-hydrogen) atoms. The van der Waals surface area contributed by atoms with Gasteiger partial charge in [0, 0.05) is 25.4 Å². The second-order valence-corrected chi connectivity index (χ2v) is 5.78. The summed E-state index contributed by atoms with van der Waals surface area (Å²) in [6, 6.07) is 0. The maximum absolute atomic E-state index is 11.5. The average molecular weight is 312 g/mol. The van der Waals surface area contributed by atoms with Gasteiger partial charge in [0.1, 0.15) is 0 Å². The Hall–Kier alpha value is -0.980. The van der Waals surface area contributed by atoms with Crippen LogP contribution in [0.15, 0.2) is 5.38 Å². The Kier molecular flexibility index (Phi) is 8.49. The Morgan fingerprint density at radius 3 is 2.57 bits per heavy atom. The Morgan fingerprint density at radius 1 is 1.29 bits per heavy atom. The van der Waals surface area contributed by atoms with Crippen molar-refractivity contribution in [2.45, 2.75) is 40.7 Å². The van der Waals surface area contributed by atoms with Crippen molar-refractivity contribution in [3.63, 3.8) is 0 Å². The minimum atomic E-state index is 0.0468. The molecule has 0 aliphatic carbocycles. The van der Waals surface area contributed by atoms with Crippen LogP contribution in [-0.4, -0.2) is 48.5 Å². The number of aromatic nitrogens is 1. The number of carbonyl (C=O) groups excluding carboxylic acids is 1. The molecule has 0 spiro atoms. The van der Waals surface area contributed by atoms with Gasteiger partial charge in [-0.3, -0.25) is 9.69 Å². The molecule has 0 unspecified atom stereocenters. The normalized spacial score (nSPS) is 11.1. The minimum absolute atomic E-state index is 0.0468. The van der Waals surface area contributed by atoms with Gasteiger partial charge in [0.15, 0.2) is 5.13 Å². The van der Waals surface area contributed by atoms with Gasteiger partial charge in [-0.05, 0) is 39.5 Å². The topological polar surface area (TPSA) is 48.5 Å². The lowest BCUT2D eigenvalue weighted by molar-refractivity contribution is -0.116. The van der Waals surface area contributed by atoms with Gasteiger partial charge in [-0.1, -0.05) is 13.8 Å². The molecule has 5 nitrogen and oxygen atoms in total. The number of carbonyl (C=O) groups is 1. The first-order valence-electron chi connectivity index (χ1n) is 7.77. The van der Waals surface area contributed by atoms with Crippen molar-refractivity contribution in [3.8, 4) is 0 Å². The largest absolute Gasteiger partial charge is 0.311 e. The van der Waals surface area contributed by atoms with Gasteiger partial charge in [-0.25, -0.2) is 4.98 Å². The van der Waals surface area contributed by atoms with Gasteiger partial charge < -0.3 is 10.2 Å². The standard InChI is InChI=1S/C15H28N4OS/c1-5-18(6-2)10-8-9-16-11-14-12-21-15(17-14)19(7-3)13(4)20/h12,16H,5-11H2,1-4H3. The lowest BCUT2D eigenvalue weighted by Crippen LogP contribution is -2.28. The molecule has 1 aromatic heterocycles. The van der Waals surface area contributed by atoms with Crippen LogP contribution in [0.2, 0.25) is 0 Å². The van der Waals surface area contributed by atoms with E-state index in [9.17, 15) is 4.79 Å². The summed E-state index contributed by atoms with van der Waals surface area (Å²) in [6.45, 7) is 13.7. The molecule has 0 aliphatic rings. The first-order valence-corrected chi connectivity index (χ1v) is 8.65. The SMILES string of the molecule is CCN(CC)CCCNCc1csc(N(CC)C(C)=O)n1. The molecule has 0 saturated carbocycles. The van der Waals surface area contributed by atoms with Crippen molar-refractivity contribution in [2.24, 2.45) is 0 Å². The fourth-order valence-electron chi connectivity index (χ4n) is 2.18. The molecule has 0 aliphatic heterocycles. The summed E-state index contributed by atoms with van der Waals surface area (Å²) >= 11 is 1.53. The van der Waals surface area contributed by atoms with Crippen molar-refractivity contribution in [1.82, 2.24) is 15.2 Å². The molecule has 1 amide bonds. The zero-order valence-corrected chi connectivity index (χ0v) is 14.5. The number of thiazole rings is 1. The van der Waals surface area contributed by atoms with E-state index in [-0.39, 0.29) is 5.91 Å². The van der Waals surface area contributed by atoms with Gasteiger partial charge in [0.25, 0.3) is 0 Å². The van der Waals surface area contributed by atoms with Crippen molar-refractivity contribution >= 4 is 22.4 Å². The molecule has 0 fully saturated rings. The minimum Gasteiger partial charge on any atom is -0.311 e. The van der Waals surface area contributed by atoms with Crippen LogP contribution in [-0.2, 0) is 11.3 Å². The summed E-state index contributed by atoms with van der Waals surface area (Å²) in [5.41, 5.74) is 1.01. The molecule has 6 heteroatoms. The molecule has 1 N–H and O–H groups in total. The Morgan fingerprint density at radius 2 is 2.00 bits per heavy atom. The van der Waals surface area contributed by atoms with Crippen molar-refractivity contribution in [1.29, 1.82) is 0 Å². The van der Waals surface area contributed by atoms with Gasteiger partial charge >= 0.3 is 0 Å². The van der Waals surface area contributed by atoms with Gasteiger partial charge in [-0.2, -0.15) is 0 Å². The van der Waals surface area contributed by atoms with Crippen LogP contribution in [0.1, 0.15) is 39.8 Å². The first-order chi connectivity index (χ1) is 10.1. The summed E-state index contributed by atoms with van der Waals surface area (Å²) in [5, 5.41) is 6.24. The van der Waals surface area contributed by atoms with Crippen molar-refractivity contribution in [3.05, 3.63) is 11.1 Å². The third kappa shape index (κ3) is 6.11. The third-order valence-corrected chi connectivity index (χ3v) is 4.41. The maximum Gasteiger partial charge on any atom is 0.225 e. The van der Waals surface area contributed by atoms with Gasteiger partial charge in [0.05, 0.1) is 5.69 Å². The second kappa shape index (κ2) is 9.87. The number of amides is 1. The quantitative estimate of drug-likeness (QED) is 0.674. The van der Waals surface area contributed by atoms with E-state index in [1.54, 1.807) is 11.8 Å². The lowest BCUT2D eigenvalue weighted by atomic mass is 10.3. The number of rotatable bonds is 10. The van der Waals surface area contributed by atoms with E-state index in [1.165, 1.54) is 11.3 Å². The zero-order valence-electron chi connectivity index (χ0n) is 13.7. The molecule has 0 radical (unpaired) electrons. The van der Waals surface area contributed by atoms with Crippen molar-refractivity contribution < 1.29 is 4.79 Å². The Bertz CT molecular complexity index is 418. The number of nitrogens with one attached hydrogen (secondary N) is 1. The van der Waals surface area contributed by atoms with E-state index < -0.39 is 0 Å². The highest BCUT2D eigenvalue weighted by atomic mass is 32.1. The third-order valence-electron chi connectivity index (χ3n) is 3.50. The molecular formula is C15H28N4OS. The molecule has 0 aromatic carbocycles. The fourth-order valence-corrected chi connectivity index (χ4v) is 3.11. The molecule has 1 aromatic rings. The second-order valence-electron chi connectivity index (χ2n) is 4.94.